The van der Waals surface area contributed by atoms with Crippen LogP contribution in [0, 0.1) is 27.7 Å². The Labute approximate surface area is 172 Å². The number of carbonyl (C=O) groups is 1. The van der Waals surface area contributed by atoms with Gasteiger partial charge in [0.2, 0.25) is 5.91 Å². The Morgan fingerprint density at radius 1 is 1.07 bits per heavy atom. The van der Waals surface area contributed by atoms with Crippen molar-refractivity contribution in [1.29, 1.82) is 0 Å². The first-order valence-corrected chi connectivity index (χ1v) is 9.55. The normalized spacial score (nSPS) is 11.7. The van der Waals surface area contributed by atoms with Crippen LogP contribution in [-0.4, -0.2) is 25.5 Å². The highest BCUT2D eigenvalue weighted by atomic mass is 19.4. The van der Waals surface area contributed by atoms with Gasteiger partial charge < -0.3 is 5.32 Å². The number of nitrogens with one attached hydrogen (secondary N) is 1. The number of hydrogen-bond donors (Lipinski definition) is 1. The maximum atomic E-state index is 12.8. The third-order valence-corrected chi connectivity index (χ3v) is 4.88. The van der Waals surface area contributed by atoms with Gasteiger partial charge in [-0.2, -0.15) is 23.4 Å². The minimum absolute atomic E-state index is 0.00174. The fourth-order valence-electron chi connectivity index (χ4n) is 3.30. The second-order valence-electron chi connectivity index (χ2n) is 7.38. The van der Waals surface area contributed by atoms with Gasteiger partial charge in [0.05, 0.1) is 23.6 Å². The SMILES string of the molecule is Cc1cccc(Cn2nc(C)c(NC(=O)CCn3nc(C(F)(F)F)cc3C)c2C)c1. The molecule has 6 nitrogen and oxygen atoms in total. The van der Waals surface area contributed by atoms with Crippen molar-refractivity contribution in [2.24, 2.45) is 0 Å². The number of amides is 1. The molecule has 0 unspecified atom stereocenters. The van der Waals surface area contributed by atoms with Gasteiger partial charge >= 0.3 is 6.18 Å². The number of rotatable bonds is 6. The first-order chi connectivity index (χ1) is 14.0. The Kier molecular flexibility index (Phi) is 6.00. The van der Waals surface area contributed by atoms with Crippen LogP contribution in [0.25, 0.3) is 0 Å². The van der Waals surface area contributed by atoms with Crippen molar-refractivity contribution >= 4 is 11.6 Å². The van der Waals surface area contributed by atoms with Gasteiger partial charge in [0.15, 0.2) is 5.69 Å². The quantitative estimate of drug-likeness (QED) is 0.644. The van der Waals surface area contributed by atoms with Gasteiger partial charge in [0, 0.05) is 18.7 Å². The van der Waals surface area contributed by atoms with Crippen LogP contribution >= 0.6 is 0 Å². The Morgan fingerprint density at radius 3 is 2.43 bits per heavy atom. The predicted octanol–water partition coefficient (Wildman–Crippen LogP) is 4.41. The summed E-state index contributed by atoms with van der Waals surface area (Å²) in [6.07, 6.45) is -4.50. The fourth-order valence-corrected chi connectivity index (χ4v) is 3.30. The smallest absolute Gasteiger partial charge is 0.323 e. The molecule has 0 spiro atoms. The highest BCUT2D eigenvalue weighted by molar-refractivity contribution is 5.91. The topological polar surface area (TPSA) is 64.7 Å². The molecule has 1 amide bonds. The monoisotopic (exact) mass is 419 g/mol. The van der Waals surface area contributed by atoms with E-state index >= 15 is 0 Å². The minimum atomic E-state index is -4.50. The molecule has 0 radical (unpaired) electrons. The van der Waals surface area contributed by atoms with Crippen LogP contribution in [0.4, 0.5) is 18.9 Å². The van der Waals surface area contributed by atoms with Crippen molar-refractivity contribution in [3.63, 3.8) is 0 Å². The number of hydrogen-bond acceptors (Lipinski definition) is 3. The van der Waals surface area contributed by atoms with Crippen molar-refractivity contribution in [1.82, 2.24) is 19.6 Å². The van der Waals surface area contributed by atoms with Crippen LogP contribution in [0.5, 0.6) is 0 Å². The second kappa shape index (κ2) is 8.33. The van der Waals surface area contributed by atoms with Crippen LogP contribution < -0.4 is 5.32 Å². The van der Waals surface area contributed by atoms with E-state index < -0.39 is 11.9 Å². The van der Waals surface area contributed by atoms with Crippen molar-refractivity contribution < 1.29 is 18.0 Å². The summed E-state index contributed by atoms with van der Waals surface area (Å²) in [7, 11) is 0. The number of nitrogens with zero attached hydrogens (tertiary/aromatic N) is 4. The zero-order chi connectivity index (χ0) is 22.1. The van der Waals surface area contributed by atoms with Gasteiger partial charge in [-0.25, -0.2) is 0 Å². The van der Waals surface area contributed by atoms with Gasteiger partial charge in [-0.3, -0.25) is 14.2 Å². The van der Waals surface area contributed by atoms with Crippen LogP contribution in [0.3, 0.4) is 0 Å². The lowest BCUT2D eigenvalue weighted by Gasteiger charge is -2.09. The second-order valence-corrected chi connectivity index (χ2v) is 7.38. The number of alkyl halides is 3. The summed E-state index contributed by atoms with van der Waals surface area (Å²) in [5, 5.41) is 10.9. The largest absolute Gasteiger partial charge is 0.435 e. The molecule has 0 bridgehead atoms. The number of carbonyl (C=O) groups excluding carboxylic acids is 1. The third-order valence-electron chi connectivity index (χ3n) is 4.88. The molecule has 2 aromatic heterocycles. The van der Waals surface area contributed by atoms with E-state index in [1.807, 2.05) is 43.7 Å². The molecule has 0 fully saturated rings. The van der Waals surface area contributed by atoms with Crippen LogP contribution in [0.1, 0.15) is 40.3 Å². The number of aromatic nitrogens is 4. The zero-order valence-corrected chi connectivity index (χ0v) is 17.3. The fraction of sp³-hybridized carbons (Fsp3) is 0.381. The molecule has 3 rings (SSSR count). The molecule has 9 heteroatoms. The van der Waals surface area contributed by atoms with Crippen molar-refractivity contribution in [2.45, 2.75) is 53.4 Å². The Balaban J connectivity index is 1.66. The molecule has 0 aliphatic carbocycles. The number of anilines is 1. The van der Waals surface area contributed by atoms with Gasteiger partial charge in [-0.1, -0.05) is 29.8 Å². The van der Waals surface area contributed by atoms with Gasteiger partial charge in [-0.15, -0.1) is 0 Å². The molecule has 3 aromatic rings. The average molecular weight is 419 g/mol. The highest BCUT2D eigenvalue weighted by Gasteiger charge is 2.34. The van der Waals surface area contributed by atoms with Gasteiger partial charge in [-0.05, 0) is 39.3 Å². The molecule has 1 N–H and O–H groups in total. The molecular weight excluding hydrogens is 395 g/mol. The first kappa shape index (κ1) is 21.6. The lowest BCUT2D eigenvalue weighted by atomic mass is 10.1. The van der Waals surface area contributed by atoms with E-state index in [0.29, 0.717) is 23.6 Å². The van der Waals surface area contributed by atoms with E-state index in [-0.39, 0.29) is 18.9 Å². The van der Waals surface area contributed by atoms with Crippen LogP contribution in [0.15, 0.2) is 30.3 Å². The van der Waals surface area contributed by atoms with E-state index in [4.69, 9.17) is 0 Å². The van der Waals surface area contributed by atoms with E-state index in [0.717, 1.165) is 22.9 Å². The van der Waals surface area contributed by atoms with E-state index in [1.54, 1.807) is 0 Å². The summed E-state index contributed by atoms with van der Waals surface area (Å²) in [6, 6.07) is 9.08. The molecule has 0 aliphatic rings. The summed E-state index contributed by atoms with van der Waals surface area (Å²) in [5.41, 5.74) is 3.79. The zero-order valence-electron chi connectivity index (χ0n) is 17.3. The maximum Gasteiger partial charge on any atom is 0.435 e. The molecule has 160 valence electrons. The molecule has 0 saturated heterocycles. The van der Waals surface area contributed by atoms with Crippen LogP contribution in [0.2, 0.25) is 0 Å². The highest BCUT2D eigenvalue weighted by Crippen LogP contribution is 2.28. The number of aryl methyl sites for hydroxylation is 4. The van der Waals surface area contributed by atoms with E-state index in [1.165, 1.54) is 11.6 Å². The summed E-state index contributed by atoms with van der Waals surface area (Å²) in [5.74, 6) is -0.306. The summed E-state index contributed by atoms with van der Waals surface area (Å²) in [4.78, 5) is 12.4. The summed E-state index contributed by atoms with van der Waals surface area (Å²) in [6.45, 7) is 7.88. The molecule has 0 saturated carbocycles. The predicted molar refractivity (Wildman–Crippen MR) is 107 cm³/mol. The molecule has 2 heterocycles. The van der Waals surface area contributed by atoms with Crippen molar-refractivity contribution in [2.75, 3.05) is 5.32 Å². The average Bonchev–Trinajstić information content (AvgIpc) is 3.15. The van der Waals surface area contributed by atoms with Crippen molar-refractivity contribution in [3.05, 3.63) is 64.2 Å². The lowest BCUT2D eigenvalue weighted by molar-refractivity contribution is -0.141. The molecule has 0 aliphatic heterocycles. The Hall–Kier alpha value is -3.10. The standard InChI is InChI=1S/C21H24F3N5O/c1-13-6-5-7-17(10-13)12-29-16(4)20(15(3)26-29)25-19(30)8-9-28-14(2)11-18(27-28)21(22,23)24/h5-7,10-11H,8-9,12H2,1-4H3,(H,25,30). The maximum absolute atomic E-state index is 12.8. The Bertz CT molecular complexity index is 1070. The van der Waals surface area contributed by atoms with Gasteiger partial charge in [0.25, 0.3) is 0 Å². The van der Waals surface area contributed by atoms with E-state index in [2.05, 4.69) is 21.6 Å². The van der Waals surface area contributed by atoms with E-state index in [9.17, 15) is 18.0 Å². The molecule has 1 aromatic carbocycles. The Morgan fingerprint density at radius 2 is 1.80 bits per heavy atom. The number of benzene rings is 1. The molecule has 30 heavy (non-hydrogen) atoms. The van der Waals surface area contributed by atoms with Gasteiger partial charge in [0.1, 0.15) is 0 Å². The van der Waals surface area contributed by atoms with Crippen LogP contribution in [-0.2, 0) is 24.1 Å². The number of halogens is 3. The first-order valence-electron chi connectivity index (χ1n) is 9.55. The minimum Gasteiger partial charge on any atom is -0.323 e. The lowest BCUT2D eigenvalue weighted by Crippen LogP contribution is -2.17. The molecular formula is C21H24F3N5O. The third kappa shape index (κ3) is 4.90. The molecule has 0 atom stereocenters. The van der Waals surface area contributed by atoms with Crippen molar-refractivity contribution in [3.8, 4) is 0 Å². The summed E-state index contributed by atoms with van der Waals surface area (Å²) >= 11 is 0. The summed E-state index contributed by atoms with van der Waals surface area (Å²) < 4.78 is 41.3.